The summed E-state index contributed by atoms with van der Waals surface area (Å²) in [6.07, 6.45) is 18.1. The summed E-state index contributed by atoms with van der Waals surface area (Å²) < 4.78 is 11.3. The molecule has 0 aromatic rings. The summed E-state index contributed by atoms with van der Waals surface area (Å²) in [6, 6.07) is 0. The molecule has 0 aliphatic heterocycles. The van der Waals surface area contributed by atoms with E-state index in [-0.39, 0.29) is 0 Å². The van der Waals surface area contributed by atoms with E-state index in [1.807, 2.05) is 12.3 Å². The highest BCUT2D eigenvalue weighted by molar-refractivity contribution is 4.82. The Morgan fingerprint density at radius 3 is 1.96 bits per heavy atom. The molecule has 0 unspecified atom stereocenters. The number of hydrogen-bond acceptors (Lipinski definition) is 2. The zero-order valence-corrected chi connectivity index (χ0v) is 15.1. The molecular weight excluding hydrogens is 284 g/mol. The van der Waals surface area contributed by atoms with Gasteiger partial charge in [0.25, 0.3) is 0 Å². The molecule has 0 bridgehead atoms. The molecule has 2 fully saturated rings. The first-order valence-corrected chi connectivity index (χ1v) is 9.78. The van der Waals surface area contributed by atoms with Crippen LogP contribution in [0.2, 0.25) is 0 Å². The lowest BCUT2D eigenvalue weighted by Crippen LogP contribution is -2.28. The molecule has 0 aromatic carbocycles. The Morgan fingerprint density at radius 1 is 0.870 bits per heavy atom. The largest absolute Gasteiger partial charge is 0.501 e. The van der Waals surface area contributed by atoms with Crippen molar-refractivity contribution >= 4 is 0 Å². The third-order valence-electron chi connectivity index (χ3n) is 5.80. The second-order valence-electron chi connectivity index (χ2n) is 7.50. The van der Waals surface area contributed by atoms with Crippen molar-refractivity contribution in [2.24, 2.45) is 23.7 Å². The van der Waals surface area contributed by atoms with Gasteiger partial charge >= 0.3 is 0 Å². The van der Waals surface area contributed by atoms with Crippen LogP contribution in [0.25, 0.3) is 0 Å². The molecular formula is C21H36O2. The molecule has 2 nitrogen and oxygen atoms in total. The summed E-state index contributed by atoms with van der Waals surface area (Å²) in [5, 5.41) is 0. The van der Waals surface area contributed by atoms with Gasteiger partial charge in [0.05, 0.1) is 19.5 Å². The zero-order valence-electron chi connectivity index (χ0n) is 15.1. The van der Waals surface area contributed by atoms with Crippen LogP contribution in [-0.4, -0.2) is 19.8 Å². The fraction of sp³-hybridized carbons (Fsp3) is 0.810. The van der Waals surface area contributed by atoms with Crippen LogP contribution in [0, 0.1) is 23.7 Å². The Hall–Kier alpha value is -0.760. The van der Waals surface area contributed by atoms with E-state index >= 15 is 0 Å². The summed E-state index contributed by atoms with van der Waals surface area (Å²) in [5.74, 6) is 3.54. The number of ether oxygens (including phenoxy) is 2. The molecule has 0 saturated heterocycles. The Bertz CT molecular complexity index is 334. The van der Waals surface area contributed by atoms with Crippen molar-refractivity contribution in [3.05, 3.63) is 25.0 Å². The minimum absolute atomic E-state index is 0.708. The van der Waals surface area contributed by atoms with Gasteiger partial charge in [-0.1, -0.05) is 19.1 Å². The van der Waals surface area contributed by atoms with Crippen molar-refractivity contribution in [3.8, 4) is 0 Å². The van der Waals surface area contributed by atoms with Crippen LogP contribution in [0.5, 0.6) is 0 Å². The summed E-state index contributed by atoms with van der Waals surface area (Å²) in [6.45, 7) is 8.43. The third-order valence-corrected chi connectivity index (χ3v) is 5.80. The van der Waals surface area contributed by atoms with E-state index in [0.717, 1.165) is 43.3 Å². The summed E-state index contributed by atoms with van der Waals surface area (Å²) in [5.41, 5.74) is 0. The quantitative estimate of drug-likeness (QED) is 0.306. The highest BCUT2D eigenvalue weighted by Gasteiger charge is 2.30. The molecule has 0 amide bonds. The van der Waals surface area contributed by atoms with Crippen molar-refractivity contribution < 1.29 is 9.47 Å². The number of allylic oxidation sites excluding steroid dienone is 1. The van der Waals surface area contributed by atoms with Crippen LogP contribution >= 0.6 is 0 Å². The number of rotatable bonds is 9. The molecule has 0 atom stereocenters. The van der Waals surface area contributed by atoms with E-state index in [4.69, 9.17) is 9.47 Å². The Kier molecular flexibility index (Phi) is 8.81. The minimum atomic E-state index is 0.708. The highest BCUT2D eigenvalue weighted by atomic mass is 16.5. The van der Waals surface area contributed by atoms with Crippen LogP contribution < -0.4 is 0 Å². The maximum atomic E-state index is 5.65. The van der Waals surface area contributed by atoms with E-state index < -0.39 is 0 Å². The fourth-order valence-electron chi connectivity index (χ4n) is 4.33. The third kappa shape index (κ3) is 6.71. The summed E-state index contributed by atoms with van der Waals surface area (Å²) in [7, 11) is 0. The van der Waals surface area contributed by atoms with Crippen LogP contribution in [-0.2, 0) is 9.47 Å². The topological polar surface area (TPSA) is 18.5 Å². The molecule has 2 heteroatoms. The Balaban J connectivity index is 1.59. The maximum absolute atomic E-state index is 5.65. The van der Waals surface area contributed by atoms with Crippen molar-refractivity contribution in [3.63, 3.8) is 0 Å². The van der Waals surface area contributed by atoms with Crippen molar-refractivity contribution in [1.29, 1.82) is 0 Å². The average Bonchev–Trinajstić information content (AvgIpc) is 2.60. The second kappa shape index (κ2) is 10.9. The Labute approximate surface area is 143 Å². The molecule has 2 aliphatic rings. The maximum Gasteiger partial charge on any atom is 0.0901 e. The standard InChI is InChI=1S/C21H36O2/c1-3-5-15-23-17-19-8-12-21(13-9-19)20-10-6-18(7-11-20)16-22-14-4-2/h4-5,15,18-21H,2-3,6-14,16-17H2,1H3. The normalized spacial score (nSPS) is 32.0. The predicted octanol–water partition coefficient (Wildman–Crippen LogP) is 5.74. The van der Waals surface area contributed by atoms with E-state index in [0.29, 0.717) is 6.61 Å². The van der Waals surface area contributed by atoms with E-state index in [9.17, 15) is 0 Å². The van der Waals surface area contributed by atoms with E-state index in [1.165, 1.54) is 51.4 Å². The van der Waals surface area contributed by atoms with Gasteiger partial charge in [0.2, 0.25) is 0 Å². The SMILES string of the molecule is C=CCOCC1CCC(C2CCC(COC=CCC)CC2)CC1. The first kappa shape index (κ1) is 18.6. The smallest absolute Gasteiger partial charge is 0.0901 e. The molecule has 0 heterocycles. The molecule has 2 aliphatic carbocycles. The van der Waals surface area contributed by atoms with E-state index in [2.05, 4.69) is 19.6 Å². The van der Waals surface area contributed by atoms with Gasteiger partial charge in [0.15, 0.2) is 0 Å². The lowest BCUT2D eigenvalue weighted by molar-refractivity contribution is 0.0725. The Morgan fingerprint density at radius 2 is 1.43 bits per heavy atom. The molecule has 0 aromatic heterocycles. The van der Waals surface area contributed by atoms with Gasteiger partial charge in [-0.05, 0) is 81.5 Å². The summed E-state index contributed by atoms with van der Waals surface area (Å²) >= 11 is 0. The van der Waals surface area contributed by atoms with Gasteiger partial charge in [-0.3, -0.25) is 0 Å². The molecule has 0 N–H and O–H groups in total. The van der Waals surface area contributed by atoms with Gasteiger partial charge in [-0.2, -0.15) is 0 Å². The fourth-order valence-corrected chi connectivity index (χ4v) is 4.33. The van der Waals surface area contributed by atoms with Crippen LogP contribution in [0.15, 0.2) is 25.0 Å². The molecule has 23 heavy (non-hydrogen) atoms. The zero-order chi connectivity index (χ0) is 16.3. The lowest BCUT2D eigenvalue weighted by atomic mass is 9.69. The minimum Gasteiger partial charge on any atom is -0.501 e. The van der Waals surface area contributed by atoms with Gasteiger partial charge in [0, 0.05) is 6.61 Å². The van der Waals surface area contributed by atoms with Crippen LogP contribution in [0.3, 0.4) is 0 Å². The monoisotopic (exact) mass is 320 g/mol. The number of hydrogen-bond donors (Lipinski definition) is 0. The molecule has 132 valence electrons. The van der Waals surface area contributed by atoms with Gasteiger partial charge in [0.1, 0.15) is 0 Å². The van der Waals surface area contributed by atoms with Gasteiger partial charge < -0.3 is 9.47 Å². The van der Waals surface area contributed by atoms with Gasteiger partial charge in [-0.25, -0.2) is 0 Å². The first-order valence-electron chi connectivity index (χ1n) is 9.78. The predicted molar refractivity (Wildman–Crippen MR) is 97.3 cm³/mol. The van der Waals surface area contributed by atoms with Crippen molar-refractivity contribution in [1.82, 2.24) is 0 Å². The van der Waals surface area contributed by atoms with Crippen molar-refractivity contribution in [2.45, 2.75) is 64.7 Å². The highest BCUT2D eigenvalue weighted by Crippen LogP contribution is 2.41. The molecule has 2 rings (SSSR count). The van der Waals surface area contributed by atoms with Crippen LogP contribution in [0.1, 0.15) is 64.7 Å². The molecule has 0 radical (unpaired) electrons. The van der Waals surface area contributed by atoms with Crippen molar-refractivity contribution in [2.75, 3.05) is 19.8 Å². The molecule has 2 saturated carbocycles. The second-order valence-corrected chi connectivity index (χ2v) is 7.50. The lowest BCUT2D eigenvalue weighted by Gasteiger charge is -2.37. The van der Waals surface area contributed by atoms with E-state index in [1.54, 1.807) is 0 Å². The summed E-state index contributed by atoms with van der Waals surface area (Å²) in [4.78, 5) is 0. The van der Waals surface area contributed by atoms with Crippen LogP contribution in [0.4, 0.5) is 0 Å². The molecule has 0 spiro atoms. The average molecular weight is 321 g/mol. The van der Waals surface area contributed by atoms with Gasteiger partial charge in [-0.15, -0.1) is 6.58 Å². The first-order chi connectivity index (χ1) is 11.3.